The predicted molar refractivity (Wildman–Crippen MR) is 134 cm³/mol. The molecule has 0 radical (unpaired) electrons. The number of amides is 2. The molecule has 0 aliphatic rings. The van der Waals surface area contributed by atoms with Crippen LogP contribution in [0.3, 0.4) is 0 Å². The number of hydrogen-bond acceptors (Lipinski definition) is 2. The van der Waals surface area contributed by atoms with Gasteiger partial charge in [-0.1, -0.05) is 77.5 Å². The van der Waals surface area contributed by atoms with Crippen molar-refractivity contribution >= 4 is 38.5 Å². The van der Waals surface area contributed by atoms with E-state index >= 15 is 0 Å². The fourth-order valence-corrected chi connectivity index (χ4v) is 4.22. The molecule has 3 aromatic rings. The molecule has 0 saturated heterocycles. The lowest BCUT2D eigenvalue weighted by atomic mass is 10.0. The van der Waals surface area contributed by atoms with Gasteiger partial charge in [-0.05, 0) is 60.7 Å². The Labute approximate surface area is 199 Å². The van der Waals surface area contributed by atoms with Gasteiger partial charge in [-0.15, -0.1) is 0 Å². The molecule has 0 fully saturated rings. The highest BCUT2D eigenvalue weighted by atomic mass is 79.9. The maximum Gasteiger partial charge on any atom is 0.242 e. The predicted octanol–water partition coefficient (Wildman–Crippen LogP) is 5.87. The van der Waals surface area contributed by atoms with E-state index in [2.05, 4.69) is 45.5 Å². The minimum atomic E-state index is -0.553. The molecule has 1 N–H and O–H groups in total. The van der Waals surface area contributed by atoms with Gasteiger partial charge in [0.1, 0.15) is 6.04 Å². The minimum absolute atomic E-state index is 0.0234. The van der Waals surface area contributed by atoms with Crippen LogP contribution in [0.4, 0.5) is 0 Å². The molecule has 0 aliphatic carbocycles. The monoisotopic (exact) mass is 494 g/mol. The summed E-state index contributed by atoms with van der Waals surface area (Å²) >= 11 is 3.50. The van der Waals surface area contributed by atoms with E-state index in [9.17, 15) is 9.59 Å². The number of hydrogen-bond donors (Lipinski definition) is 1. The number of carbonyl (C=O) groups excluding carboxylic acids is 2. The van der Waals surface area contributed by atoms with Gasteiger partial charge in [0.2, 0.25) is 11.8 Å². The lowest BCUT2D eigenvalue weighted by molar-refractivity contribution is -0.140. The van der Waals surface area contributed by atoms with Crippen LogP contribution in [-0.2, 0) is 22.6 Å². The van der Waals surface area contributed by atoms with Gasteiger partial charge in [0.05, 0.1) is 0 Å². The first-order valence-corrected chi connectivity index (χ1v) is 12.0. The van der Waals surface area contributed by atoms with Crippen LogP contribution in [0.2, 0.25) is 0 Å². The molecule has 3 rings (SSSR count). The summed E-state index contributed by atoms with van der Waals surface area (Å²) in [6.07, 6.45) is 1.83. The molecular weight excluding hydrogens is 464 g/mol. The maximum absolute atomic E-state index is 13.4. The molecule has 2 amide bonds. The first-order chi connectivity index (χ1) is 15.4. The molecule has 2 atom stereocenters. The Morgan fingerprint density at radius 3 is 2.47 bits per heavy atom. The lowest BCUT2D eigenvalue weighted by Gasteiger charge is -2.30. The van der Waals surface area contributed by atoms with E-state index in [-0.39, 0.29) is 17.9 Å². The van der Waals surface area contributed by atoms with Crippen molar-refractivity contribution in [3.63, 3.8) is 0 Å². The largest absolute Gasteiger partial charge is 0.352 e. The van der Waals surface area contributed by atoms with Gasteiger partial charge in [0.25, 0.3) is 0 Å². The second-order valence-corrected chi connectivity index (χ2v) is 9.20. The quantitative estimate of drug-likeness (QED) is 0.404. The number of fused-ring (bicyclic) bond motifs is 1. The number of halogens is 1. The zero-order chi connectivity index (χ0) is 23.1. The number of aryl methyl sites for hydroxylation is 1. The first-order valence-electron chi connectivity index (χ1n) is 11.2. The van der Waals surface area contributed by atoms with Crippen molar-refractivity contribution in [3.8, 4) is 0 Å². The summed E-state index contributed by atoms with van der Waals surface area (Å²) in [5, 5.41) is 5.36. The lowest BCUT2D eigenvalue weighted by Crippen LogP contribution is -2.49. The Bertz CT molecular complexity index is 1080. The molecule has 0 unspecified atom stereocenters. The summed E-state index contributed by atoms with van der Waals surface area (Å²) in [5.41, 5.74) is 2.14. The highest BCUT2D eigenvalue weighted by molar-refractivity contribution is 9.10. The van der Waals surface area contributed by atoms with E-state index in [1.807, 2.05) is 63.2 Å². The third-order valence-electron chi connectivity index (χ3n) is 5.90. The van der Waals surface area contributed by atoms with Crippen LogP contribution >= 0.6 is 15.9 Å². The van der Waals surface area contributed by atoms with Crippen LogP contribution in [-0.4, -0.2) is 28.8 Å². The molecule has 0 spiro atoms. The molecular formula is C27H31BrN2O2. The third-order valence-corrected chi connectivity index (χ3v) is 6.39. The first kappa shape index (κ1) is 24.0. The number of rotatable bonds is 9. The summed E-state index contributed by atoms with van der Waals surface area (Å²) < 4.78 is 0.954. The normalized spacial score (nSPS) is 12.9. The minimum Gasteiger partial charge on any atom is -0.352 e. The van der Waals surface area contributed by atoms with Gasteiger partial charge in [-0.2, -0.15) is 0 Å². The van der Waals surface area contributed by atoms with E-state index in [0.717, 1.165) is 22.0 Å². The van der Waals surface area contributed by atoms with Gasteiger partial charge in [-0.25, -0.2) is 0 Å². The molecule has 0 bridgehead atoms. The smallest absolute Gasteiger partial charge is 0.242 e. The van der Waals surface area contributed by atoms with Gasteiger partial charge >= 0.3 is 0 Å². The Hall–Kier alpha value is -2.66. The van der Waals surface area contributed by atoms with Crippen molar-refractivity contribution in [3.05, 3.63) is 82.3 Å². The number of benzene rings is 3. The molecule has 32 heavy (non-hydrogen) atoms. The highest BCUT2D eigenvalue weighted by Crippen LogP contribution is 2.21. The van der Waals surface area contributed by atoms with Crippen LogP contribution in [0.15, 0.2) is 71.2 Å². The molecule has 3 aromatic carbocycles. The molecule has 4 nitrogen and oxygen atoms in total. The standard InChI is InChI=1S/C27H31BrN2O2/c1-4-19(2)29-27(32)20(3)30(18-21-9-7-13-24(28)17-21)26(31)16-15-23-12-8-11-22-10-5-6-14-25(22)23/h5-14,17,19-20H,4,15-16,18H2,1-3H3,(H,29,32)/t19-,20-/m1/s1. The molecule has 5 heteroatoms. The van der Waals surface area contributed by atoms with E-state index < -0.39 is 6.04 Å². The van der Waals surface area contributed by atoms with E-state index in [0.29, 0.717) is 19.4 Å². The van der Waals surface area contributed by atoms with Crippen molar-refractivity contribution in [2.75, 3.05) is 0 Å². The van der Waals surface area contributed by atoms with Gasteiger partial charge in [-0.3, -0.25) is 9.59 Å². The summed E-state index contributed by atoms with van der Waals surface area (Å²) in [6, 6.07) is 21.8. The summed E-state index contributed by atoms with van der Waals surface area (Å²) in [4.78, 5) is 27.9. The third kappa shape index (κ3) is 6.19. The molecule has 168 valence electrons. The fourth-order valence-electron chi connectivity index (χ4n) is 3.78. The van der Waals surface area contributed by atoms with Gasteiger partial charge < -0.3 is 10.2 Å². The fraction of sp³-hybridized carbons (Fsp3) is 0.333. The number of nitrogens with one attached hydrogen (secondary N) is 1. The Morgan fingerprint density at radius 1 is 1.00 bits per heavy atom. The second kappa shape index (κ2) is 11.3. The maximum atomic E-state index is 13.4. The topological polar surface area (TPSA) is 49.4 Å². The number of carbonyl (C=O) groups is 2. The summed E-state index contributed by atoms with van der Waals surface area (Å²) in [6.45, 7) is 6.21. The summed E-state index contributed by atoms with van der Waals surface area (Å²) in [7, 11) is 0. The van der Waals surface area contributed by atoms with Crippen LogP contribution in [0, 0.1) is 0 Å². The zero-order valence-electron chi connectivity index (χ0n) is 19.0. The van der Waals surface area contributed by atoms with Gasteiger partial charge in [0, 0.05) is 23.5 Å². The van der Waals surface area contributed by atoms with Crippen molar-refractivity contribution in [2.24, 2.45) is 0 Å². The Morgan fingerprint density at radius 2 is 1.72 bits per heavy atom. The average Bonchev–Trinajstić information content (AvgIpc) is 2.80. The van der Waals surface area contributed by atoms with E-state index in [1.54, 1.807) is 4.90 Å². The zero-order valence-corrected chi connectivity index (χ0v) is 20.6. The Balaban J connectivity index is 1.79. The van der Waals surface area contributed by atoms with E-state index in [4.69, 9.17) is 0 Å². The van der Waals surface area contributed by atoms with Crippen LogP contribution in [0.5, 0.6) is 0 Å². The molecule has 0 aromatic heterocycles. The van der Waals surface area contributed by atoms with Crippen molar-refractivity contribution < 1.29 is 9.59 Å². The summed E-state index contributed by atoms with van der Waals surface area (Å²) in [5.74, 6) is -0.141. The number of nitrogens with zero attached hydrogens (tertiary/aromatic N) is 1. The van der Waals surface area contributed by atoms with Crippen LogP contribution < -0.4 is 5.32 Å². The highest BCUT2D eigenvalue weighted by Gasteiger charge is 2.26. The molecule has 0 saturated carbocycles. The van der Waals surface area contributed by atoms with Gasteiger partial charge in [0.15, 0.2) is 0 Å². The van der Waals surface area contributed by atoms with Crippen LogP contribution in [0.25, 0.3) is 10.8 Å². The second-order valence-electron chi connectivity index (χ2n) is 8.28. The van der Waals surface area contributed by atoms with Crippen LogP contribution in [0.1, 0.15) is 44.7 Å². The SMILES string of the molecule is CC[C@@H](C)NC(=O)[C@@H](C)N(Cc1cccc(Br)c1)C(=O)CCc1cccc2ccccc12. The average molecular weight is 495 g/mol. The van der Waals surface area contributed by atoms with Crippen molar-refractivity contribution in [1.29, 1.82) is 0 Å². The van der Waals surface area contributed by atoms with E-state index in [1.165, 1.54) is 10.8 Å². The van der Waals surface area contributed by atoms with Crippen molar-refractivity contribution in [1.82, 2.24) is 10.2 Å². The Kier molecular flexibility index (Phi) is 8.46. The molecule has 0 aliphatic heterocycles. The molecule has 0 heterocycles. The van der Waals surface area contributed by atoms with Crippen molar-refractivity contribution in [2.45, 2.75) is 58.7 Å².